The molecule has 0 heterocycles. The van der Waals surface area contributed by atoms with E-state index in [1.165, 1.54) is 0 Å². The van der Waals surface area contributed by atoms with Crippen molar-refractivity contribution in [1.29, 1.82) is 0 Å². The smallest absolute Gasteiger partial charge is 0.185 e. The van der Waals surface area contributed by atoms with E-state index in [0.717, 1.165) is 11.1 Å². The Morgan fingerprint density at radius 2 is 1.57 bits per heavy atom. The zero-order valence-electron chi connectivity index (χ0n) is 14.2. The predicted octanol–water partition coefficient (Wildman–Crippen LogP) is 5.04. The van der Waals surface area contributed by atoms with Crippen LogP contribution in [0.3, 0.4) is 0 Å². The van der Waals surface area contributed by atoms with Crippen LogP contribution < -0.4 is 0 Å². The van der Waals surface area contributed by atoms with E-state index in [1.54, 1.807) is 0 Å². The molecule has 0 fully saturated rings. The van der Waals surface area contributed by atoms with Crippen LogP contribution in [-0.2, 0) is 10.0 Å². The summed E-state index contributed by atoms with van der Waals surface area (Å²) in [6.07, 6.45) is 1.63. The molecule has 1 N–H and O–H groups in total. The molecule has 122 valence electrons. The Kier molecular flexibility index (Phi) is 5.58. The van der Waals surface area contributed by atoms with Crippen LogP contribution in [0.1, 0.15) is 23.7 Å². The van der Waals surface area contributed by atoms with Gasteiger partial charge in [-0.05, 0) is 30.8 Å². The van der Waals surface area contributed by atoms with E-state index < -0.39 is 20.0 Å². The third-order valence-corrected chi connectivity index (χ3v) is 4.73. The second kappa shape index (κ2) is 7.26. The van der Waals surface area contributed by atoms with Crippen molar-refractivity contribution in [1.82, 2.24) is 0 Å². The summed E-state index contributed by atoms with van der Waals surface area (Å²) in [4.78, 5) is 0. The fourth-order valence-electron chi connectivity index (χ4n) is 2.93. The lowest BCUT2D eigenvalue weighted by Crippen LogP contribution is -2.44. The molecular weight excluding hydrogens is 300 g/mol. The summed E-state index contributed by atoms with van der Waals surface area (Å²) in [7, 11) is -1.92. The third-order valence-electron chi connectivity index (χ3n) is 3.76. The van der Waals surface area contributed by atoms with Crippen molar-refractivity contribution >= 4 is 8.32 Å². The van der Waals surface area contributed by atoms with Gasteiger partial charge >= 0.3 is 0 Å². The lowest BCUT2D eigenvalue weighted by atomic mass is 9.82. The topological polar surface area (TPSA) is 29.5 Å². The minimum Gasteiger partial charge on any atom is -0.405 e. The molecule has 2 atom stereocenters. The summed E-state index contributed by atoms with van der Waals surface area (Å²) in [6, 6.07) is 19.7. The lowest BCUT2D eigenvalue weighted by molar-refractivity contribution is -0.0664. The summed E-state index contributed by atoms with van der Waals surface area (Å²) in [5.41, 5.74) is 1.03. The molecule has 2 nitrogen and oxygen atoms in total. The van der Waals surface area contributed by atoms with E-state index in [1.807, 2.05) is 66.7 Å². The molecule has 0 saturated carbocycles. The molecule has 3 heteroatoms. The summed E-state index contributed by atoms with van der Waals surface area (Å²) in [5, 5.41) is 11.2. The lowest BCUT2D eigenvalue weighted by Gasteiger charge is -2.43. The molecule has 2 aromatic carbocycles. The van der Waals surface area contributed by atoms with Gasteiger partial charge in [0.1, 0.15) is 11.7 Å². The van der Waals surface area contributed by atoms with Gasteiger partial charge in [-0.25, -0.2) is 0 Å². The van der Waals surface area contributed by atoms with Crippen molar-refractivity contribution in [3.63, 3.8) is 0 Å². The minimum atomic E-state index is -1.92. The van der Waals surface area contributed by atoms with Gasteiger partial charge in [-0.15, -0.1) is 6.58 Å². The van der Waals surface area contributed by atoms with Crippen molar-refractivity contribution in [2.24, 2.45) is 0 Å². The van der Waals surface area contributed by atoms with E-state index in [-0.39, 0.29) is 0 Å². The highest BCUT2D eigenvalue weighted by Crippen LogP contribution is 2.43. The Morgan fingerprint density at radius 1 is 1.04 bits per heavy atom. The van der Waals surface area contributed by atoms with E-state index in [0.29, 0.717) is 6.42 Å². The quantitative estimate of drug-likeness (QED) is 0.570. The summed E-state index contributed by atoms with van der Waals surface area (Å²) in [5.74, 6) is 0. The maximum absolute atomic E-state index is 11.2. The molecule has 0 unspecified atom stereocenters. The number of hydrogen-bond donors (Lipinski definition) is 1. The summed E-state index contributed by atoms with van der Waals surface area (Å²) < 4.78 is 6.59. The SMILES string of the molecule is C=CC[C@@](O[Si](C)(C)C)(c1ccccc1)[C@@H](O)c1ccccc1. The van der Waals surface area contributed by atoms with Gasteiger partial charge < -0.3 is 9.53 Å². The van der Waals surface area contributed by atoms with Crippen LogP contribution in [0.5, 0.6) is 0 Å². The fraction of sp³-hybridized carbons (Fsp3) is 0.300. The molecule has 2 rings (SSSR count). The van der Waals surface area contributed by atoms with Crippen LogP contribution in [0.2, 0.25) is 19.6 Å². The van der Waals surface area contributed by atoms with Crippen LogP contribution in [0.25, 0.3) is 0 Å². The molecule has 0 saturated heterocycles. The maximum Gasteiger partial charge on any atom is 0.185 e. The normalized spacial score (nSPS) is 15.7. The number of rotatable bonds is 7. The van der Waals surface area contributed by atoms with Crippen LogP contribution in [-0.4, -0.2) is 13.4 Å². The van der Waals surface area contributed by atoms with E-state index in [4.69, 9.17) is 4.43 Å². The third kappa shape index (κ3) is 4.19. The predicted molar refractivity (Wildman–Crippen MR) is 98.8 cm³/mol. The van der Waals surface area contributed by atoms with Crippen molar-refractivity contribution in [2.75, 3.05) is 0 Å². The molecule has 0 aliphatic carbocycles. The van der Waals surface area contributed by atoms with Crippen molar-refractivity contribution in [3.8, 4) is 0 Å². The molecule has 0 spiro atoms. The van der Waals surface area contributed by atoms with Gasteiger partial charge in [0.15, 0.2) is 8.32 Å². The van der Waals surface area contributed by atoms with E-state index in [2.05, 4.69) is 26.2 Å². The average molecular weight is 327 g/mol. The van der Waals surface area contributed by atoms with Gasteiger partial charge in [-0.1, -0.05) is 66.7 Å². The molecule has 0 aliphatic rings. The Labute approximate surface area is 140 Å². The van der Waals surface area contributed by atoms with E-state index in [9.17, 15) is 5.11 Å². The van der Waals surface area contributed by atoms with Crippen LogP contribution >= 0.6 is 0 Å². The maximum atomic E-state index is 11.2. The van der Waals surface area contributed by atoms with Crippen LogP contribution in [0.4, 0.5) is 0 Å². The monoisotopic (exact) mass is 326 g/mol. The second-order valence-electron chi connectivity index (χ2n) is 6.78. The Bertz CT molecular complexity index is 619. The van der Waals surface area contributed by atoms with Gasteiger partial charge in [0.25, 0.3) is 0 Å². The highest BCUT2D eigenvalue weighted by molar-refractivity contribution is 6.69. The van der Waals surface area contributed by atoms with Crippen LogP contribution in [0, 0.1) is 0 Å². The highest BCUT2D eigenvalue weighted by atomic mass is 28.4. The standard InChI is InChI=1S/C20H26O2Si/c1-5-16-20(22-23(2,3)4,18-14-10-7-11-15-18)19(21)17-12-8-6-9-13-17/h5-15,19,21H,1,16H2,2-4H3/t19-,20+/m0/s1. The molecule has 0 amide bonds. The van der Waals surface area contributed by atoms with Gasteiger partial charge in [0.2, 0.25) is 0 Å². The van der Waals surface area contributed by atoms with Gasteiger partial charge in [-0.2, -0.15) is 0 Å². The van der Waals surface area contributed by atoms with Crippen molar-refractivity contribution < 1.29 is 9.53 Å². The zero-order chi connectivity index (χ0) is 16.9. The Balaban J connectivity index is 2.59. The first-order valence-corrected chi connectivity index (χ1v) is 11.4. The number of aliphatic hydroxyl groups is 1. The first-order valence-electron chi connectivity index (χ1n) is 7.99. The highest BCUT2D eigenvalue weighted by Gasteiger charge is 2.43. The molecular formula is C20H26O2Si. The molecule has 2 aromatic rings. The van der Waals surface area contributed by atoms with Gasteiger partial charge in [0.05, 0.1) is 0 Å². The number of hydrogen-bond acceptors (Lipinski definition) is 2. The zero-order valence-corrected chi connectivity index (χ0v) is 15.2. The minimum absolute atomic E-state index is 0.553. The van der Waals surface area contributed by atoms with Gasteiger partial charge in [0, 0.05) is 6.42 Å². The molecule has 23 heavy (non-hydrogen) atoms. The number of benzene rings is 2. The first-order chi connectivity index (χ1) is 10.9. The molecule has 0 radical (unpaired) electrons. The molecule has 0 aromatic heterocycles. The van der Waals surface area contributed by atoms with Crippen molar-refractivity contribution in [2.45, 2.75) is 37.8 Å². The van der Waals surface area contributed by atoms with Gasteiger partial charge in [-0.3, -0.25) is 0 Å². The van der Waals surface area contributed by atoms with Crippen molar-refractivity contribution in [3.05, 3.63) is 84.4 Å². The molecule has 0 aliphatic heterocycles. The average Bonchev–Trinajstić information content (AvgIpc) is 2.54. The largest absolute Gasteiger partial charge is 0.405 e. The van der Waals surface area contributed by atoms with Crippen LogP contribution in [0.15, 0.2) is 73.3 Å². The number of aliphatic hydroxyl groups excluding tert-OH is 1. The molecule has 0 bridgehead atoms. The fourth-order valence-corrected chi connectivity index (χ4v) is 4.33. The Hall–Kier alpha value is -1.68. The summed E-state index contributed by atoms with van der Waals surface area (Å²) in [6.45, 7) is 10.3. The summed E-state index contributed by atoms with van der Waals surface area (Å²) >= 11 is 0. The second-order valence-corrected chi connectivity index (χ2v) is 11.2. The van der Waals surface area contributed by atoms with E-state index >= 15 is 0 Å². The Morgan fingerprint density at radius 3 is 2.04 bits per heavy atom. The first kappa shape index (κ1) is 17.7.